The van der Waals surface area contributed by atoms with Crippen LogP contribution in [0, 0.1) is 0 Å². The van der Waals surface area contributed by atoms with Gasteiger partial charge in [-0.2, -0.15) is 0 Å². The van der Waals surface area contributed by atoms with E-state index in [-0.39, 0.29) is 11.9 Å². The minimum Gasteiger partial charge on any atom is -0.460 e. The third-order valence-electron chi connectivity index (χ3n) is 3.52. The molecule has 0 aliphatic rings. The van der Waals surface area contributed by atoms with Gasteiger partial charge >= 0.3 is 5.97 Å². The Bertz CT molecular complexity index is 592. The summed E-state index contributed by atoms with van der Waals surface area (Å²) in [6.45, 7) is 6.62. The zero-order valence-corrected chi connectivity index (χ0v) is 14.2. The summed E-state index contributed by atoms with van der Waals surface area (Å²) in [6, 6.07) is 9.77. The van der Waals surface area contributed by atoms with Crippen molar-refractivity contribution < 1.29 is 9.53 Å². The van der Waals surface area contributed by atoms with Gasteiger partial charge in [0.1, 0.15) is 17.5 Å². The normalized spacial score (nSPS) is 12.4. The van der Waals surface area contributed by atoms with Crippen LogP contribution < -0.4 is 0 Å². The molecule has 0 fully saturated rings. The lowest BCUT2D eigenvalue weighted by Gasteiger charge is -2.13. The van der Waals surface area contributed by atoms with Crippen LogP contribution in [0.3, 0.4) is 0 Å². The molecule has 4 heteroatoms. The van der Waals surface area contributed by atoms with Crippen LogP contribution >= 0.6 is 11.3 Å². The molecule has 0 spiro atoms. The van der Waals surface area contributed by atoms with Crippen LogP contribution in [-0.4, -0.2) is 11.0 Å². The van der Waals surface area contributed by atoms with Crippen LogP contribution in [-0.2, 0) is 16.1 Å². The van der Waals surface area contributed by atoms with Crippen molar-refractivity contribution in [3.8, 4) is 0 Å². The first-order valence-corrected chi connectivity index (χ1v) is 8.65. The quantitative estimate of drug-likeness (QED) is 0.682. The fraction of sp³-hybridized carbons (Fsp3) is 0.444. The predicted octanol–water partition coefficient (Wildman–Crippen LogP) is 4.89. The van der Waals surface area contributed by atoms with E-state index in [4.69, 9.17) is 4.74 Å². The van der Waals surface area contributed by atoms with E-state index < -0.39 is 0 Å². The first-order valence-electron chi connectivity index (χ1n) is 7.77. The molecule has 3 nitrogen and oxygen atoms in total. The van der Waals surface area contributed by atoms with Crippen molar-refractivity contribution in [3.63, 3.8) is 0 Å². The first-order chi connectivity index (χ1) is 10.6. The van der Waals surface area contributed by atoms with E-state index in [0.717, 1.165) is 29.1 Å². The lowest BCUT2D eigenvalue weighted by Crippen LogP contribution is -2.16. The average molecular weight is 317 g/mol. The Morgan fingerprint density at radius 2 is 2.00 bits per heavy atom. The van der Waals surface area contributed by atoms with Gasteiger partial charge in [-0.3, -0.25) is 4.79 Å². The summed E-state index contributed by atoms with van der Waals surface area (Å²) in [7, 11) is 0. The van der Waals surface area contributed by atoms with Crippen molar-refractivity contribution in [1.82, 2.24) is 4.98 Å². The van der Waals surface area contributed by atoms with Crippen LogP contribution in [0.2, 0.25) is 0 Å². The standard InChI is InChI=1S/C18H23NO2S/c1-4-8-15(17-19-16(12-22-17)13(2)3)18(20)21-11-14-9-6-5-7-10-14/h5-7,9-10,12-13,15H,4,8,11H2,1-3H3. The van der Waals surface area contributed by atoms with Crippen LogP contribution in [0.25, 0.3) is 0 Å². The highest BCUT2D eigenvalue weighted by Crippen LogP contribution is 2.28. The molecular formula is C18H23NO2S. The second-order valence-corrected chi connectivity index (χ2v) is 6.59. The van der Waals surface area contributed by atoms with Crippen LogP contribution in [0.4, 0.5) is 0 Å². The number of rotatable bonds is 7. The average Bonchev–Trinajstić information content (AvgIpc) is 3.01. The Morgan fingerprint density at radius 1 is 1.27 bits per heavy atom. The summed E-state index contributed by atoms with van der Waals surface area (Å²) < 4.78 is 5.49. The van der Waals surface area contributed by atoms with Gasteiger partial charge in [-0.15, -0.1) is 11.3 Å². The third-order valence-corrected chi connectivity index (χ3v) is 4.49. The molecule has 0 saturated heterocycles. The van der Waals surface area contributed by atoms with Gasteiger partial charge in [0.2, 0.25) is 0 Å². The molecule has 0 aliphatic heterocycles. The van der Waals surface area contributed by atoms with Gasteiger partial charge < -0.3 is 4.74 Å². The Hall–Kier alpha value is -1.68. The molecule has 1 aromatic heterocycles. The molecule has 2 aromatic rings. The highest BCUT2D eigenvalue weighted by molar-refractivity contribution is 7.09. The van der Waals surface area contributed by atoms with Crippen molar-refractivity contribution in [2.45, 2.75) is 52.1 Å². The van der Waals surface area contributed by atoms with E-state index in [1.54, 1.807) is 11.3 Å². The lowest BCUT2D eigenvalue weighted by molar-refractivity contribution is -0.147. The molecule has 22 heavy (non-hydrogen) atoms. The Labute approximate surface area is 136 Å². The zero-order valence-electron chi connectivity index (χ0n) is 13.4. The van der Waals surface area contributed by atoms with Crippen LogP contribution in [0.15, 0.2) is 35.7 Å². The Balaban J connectivity index is 2.04. The van der Waals surface area contributed by atoms with E-state index in [1.807, 2.05) is 35.7 Å². The first kappa shape index (κ1) is 16.7. The van der Waals surface area contributed by atoms with Crippen molar-refractivity contribution in [2.24, 2.45) is 0 Å². The van der Waals surface area contributed by atoms with Crippen molar-refractivity contribution in [3.05, 3.63) is 52.0 Å². The molecule has 0 aliphatic carbocycles. The predicted molar refractivity (Wildman–Crippen MR) is 90.1 cm³/mol. The summed E-state index contributed by atoms with van der Waals surface area (Å²) in [5, 5.41) is 2.93. The van der Waals surface area contributed by atoms with Gasteiger partial charge in [-0.05, 0) is 17.9 Å². The van der Waals surface area contributed by atoms with Crippen molar-refractivity contribution in [2.75, 3.05) is 0 Å². The number of hydrogen-bond donors (Lipinski definition) is 0. The van der Waals surface area contributed by atoms with Crippen LogP contribution in [0.5, 0.6) is 0 Å². The number of aromatic nitrogens is 1. The van der Waals surface area contributed by atoms with E-state index in [2.05, 4.69) is 25.8 Å². The van der Waals surface area contributed by atoms with Crippen LogP contribution in [0.1, 0.15) is 61.7 Å². The van der Waals surface area contributed by atoms with Gasteiger partial charge in [0, 0.05) is 5.38 Å². The smallest absolute Gasteiger partial charge is 0.316 e. The number of benzene rings is 1. The number of nitrogens with zero attached hydrogens (tertiary/aromatic N) is 1. The maximum atomic E-state index is 12.4. The molecular weight excluding hydrogens is 294 g/mol. The molecule has 1 unspecified atom stereocenters. The monoisotopic (exact) mass is 317 g/mol. The molecule has 0 amide bonds. The maximum Gasteiger partial charge on any atom is 0.316 e. The van der Waals surface area contributed by atoms with Gasteiger partial charge in [0.15, 0.2) is 0 Å². The molecule has 118 valence electrons. The number of hydrogen-bond acceptors (Lipinski definition) is 4. The second kappa shape index (κ2) is 8.08. The number of carbonyl (C=O) groups excluding carboxylic acids is 1. The highest BCUT2D eigenvalue weighted by atomic mass is 32.1. The molecule has 0 saturated carbocycles. The summed E-state index contributed by atoms with van der Waals surface area (Å²) in [5.74, 6) is -0.0332. The lowest BCUT2D eigenvalue weighted by atomic mass is 10.0. The van der Waals surface area contributed by atoms with E-state index in [1.165, 1.54) is 0 Å². The summed E-state index contributed by atoms with van der Waals surface area (Å²) in [5.41, 5.74) is 2.06. The summed E-state index contributed by atoms with van der Waals surface area (Å²) >= 11 is 1.56. The molecule has 0 N–H and O–H groups in total. The number of ether oxygens (including phenoxy) is 1. The zero-order chi connectivity index (χ0) is 15.9. The minimum absolute atomic E-state index is 0.171. The summed E-state index contributed by atoms with van der Waals surface area (Å²) in [4.78, 5) is 17.1. The number of carbonyl (C=O) groups is 1. The number of thiazole rings is 1. The highest BCUT2D eigenvalue weighted by Gasteiger charge is 2.25. The van der Waals surface area contributed by atoms with Gasteiger partial charge in [-0.25, -0.2) is 4.98 Å². The van der Waals surface area contributed by atoms with E-state index >= 15 is 0 Å². The van der Waals surface area contributed by atoms with Gasteiger partial charge in [0.25, 0.3) is 0 Å². The molecule has 0 radical (unpaired) electrons. The van der Waals surface area contributed by atoms with E-state index in [0.29, 0.717) is 12.5 Å². The molecule has 0 bridgehead atoms. The SMILES string of the molecule is CCCC(C(=O)OCc1ccccc1)c1nc(C(C)C)cs1. The third kappa shape index (κ3) is 4.41. The van der Waals surface area contributed by atoms with Gasteiger partial charge in [-0.1, -0.05) is 57.5 Å². The molecule has 1 aromatic carbocycles. The molecule has 1 heterocycles. The second-order valence-electron chi connectivity index (χ2n) is 5.70. The largest absolute Gasteiger partial charge is 0.460 e. The fourth-order valence-corrected chi connectivity index (χ4v) is 3.29. The van der Waals surface area contributed by atoms with Gasteiger partial charge in [0.05, 0.1) is 5.69 Å². The van der Waals surface area contributed by atoms with E-state index in [9.17, 15) is 4.79 Å². The maximum absolute atomic E-state index is 12.4. The molecule has 2 rings (SSSR count). The fourth-order valence-electron chi connectivity index (χ4n) is 2.19. The van der Waals surface area contributed by atoms with Crippen molar-refractivity contribution in [1.29, 1.82) is 0 Å². The Kier molecular flexibility index (Phi) is 6.13. The molecule has 1 atom stereocenters. The summed E-state index contributed by atoms with van der Waals surface area (Å²) in [6.07, 6.45) is 1.71. The minimum atomic E-state index is -0.244. The topological polar surface area (TPSA) is 39.2 Å². The number of esters is 1. The Morgan fingerprint density at radius 3 is 2.59 bits per heavy atom. The van der Waals surface area contributed by atoms with Crippen molar-refractivity contribution >= 4 is 17.3 Å².